The number of para-hydroxylation sites is 1. The lowest BCUT2D eigenvalue weighted by molar-refractivity contribution is -0.143. The zero-order chi connectivity index (χ0) is 55.1. The van der Waals surface area contributed by atoms with Gasteiger partial charge in [-0.3, -0.25) is 46.8 Å². The molecule has 1 aromatic heterocycles. The highest BCUT2D eigenvalue weighted by Crippen LogP contribution is 2.23. The van der Waals surface area contributed by atoms with Gasteiger partial charge in [-0.1, -0.05) is 113 Å². The number of aromatic nitrogens is 1. The van der Waals surface area contributed by atoms with Crippen molar-refractivity contribution in [3.8, 4) is 0 Å². The van der Waals surface area contributed by atoms with Gasteiger partial charge in [-0.25, -0.2) is 0 Å². The van der Waals surface area contributed by atoms with Crippen LogP contribution in [-0.2, 0) is 79.2 Å². The number of carbonyl (C=O) groups excluding carboxylic acids is 8. The smallest absolute Gasteiger partial charge is 0.245 e. The molecule has 0 saturated carbocycles. The third-order valence-electron chi connectivity index (χ3n) is 14.1. The van der Waals surface area contributed by atoms with E-state index in [0.717, 1.165) is 10.9 Å². The Morgan fingerprint density at radius 1 is 0.539 bits per heavy atom. The number of nitrogens with one attached hydrogen (secondary N) is 8. The summed E-state index contributed by atoms with van der Waals surface area (Å²) in [6, 6.07) is 15.1. The number of rotatable bonds is 15. The number of amides is 8. The van der Waals surface area contributed by atoms with E-state index in [1.165, 1.54) is 17.4 Å². The Labute approximate surface area is 449 Å². The van der Waals surface area contributed by atoms with Gasteiger partial charge in [0.05, 0.1) is 0 Å². The molecule has 19 nitrogen and oxygen atoms in total. The van der Waals surface area contributed by atoms with Crippen LogP contribution in [0.25, 0.3) is 10.9 Å². The van der Waals surface area contributed by atoms with E-state index >= 15 is 0 Å². The second-order valence-corrected chi connectivity index (χ2v) is 23.3. The van der Waals surface area contributed by atoms with Gasteiger partial charge in [0.15, 0.2) is 0 Å². The zero-order valence-electron chi connectivity index (χ0n) is 44.1. The van der Waals surface area contributed by atoms with Crippen LogP contribution in [0.5, 0.6) is 0 Å². The predicted octanol–water partition coefficient (Wildman–Crippen LogP) is 1.83. The van der Waals surface area contributed by atoms with E-state index in [1.807, 2.05) is 31.2 Å². The van der Waals surface area contributed by atoms with Gasteiger partial charge < -0.3 is 47.1 Å². The van der Waals surface area contributed by atoms with Crippen molar-refractivity contribution in [2.45, 2.75) is 127 Å². The largest absolute Gasteiger partial charge is 0.361 e. The normalized spacial score (nSPS) is 25.2. The van der Waals surface area contributed by atoms with E-state index in [1.54, 1.807) is 87.6 Å². The Kier molecular flexibility index (Phi) is 21.5. The first kappa shape index (κ1) is 58.5. The first-order valence-corrected chi connectivity index (χ1v) is 29.4. The van der Waals surface area contributed by atoms with E-state index in [-0.39, 0.29) is 56.6 Å². The molecule has 8 amide bonds. The van der Waals surface area contributed by atoms with Gasteiger partial charge in [0, 0.05) is 88.5 Å². The summed E-state index contributed by atoms with van der Waals surface area (Å²) in [4.78, 5) is 122. The predicted molar refractivity (Wildman–Crippen MR) is 292 cm³/mol. The minimum absolute atomic E-state index is 0.0100. The summed E-state index contributed by atoms with van der Waals surface area (Å²) in [5, 5.41) is 20.6. The number of nitrogens with zero attached hydrogens (tertiary/aromatic N) is 1. The molecule has 8 N–H and O–H groups in total. The maximum Gasteiger partial charge on any atom is 0.245 e. The van der Waals surface area contributed by atoms with Crippen LogP contribution < -0.4 is 37.2 Å². The summed E-state index contributed by atoms with van der Waals surface area (Å²) < 4.78 is 25.0. The van der Waals surface area contributed by atoms with Crippen LogP contribution in [0.4, 0.5) is 0 Å². The fourth-order valence-electron chi connectivity index (χ4n) is 9.53. The van der Waals surface area contributed by atoms with Crippen molar-refractivity contribution in [2.75, 3.05) is 30.6 Å². The number of fused-ring (bicyclic) bond motifs is 2. The minimum atomic E-state index is -1.42. The van der Waals surface area contributed by atoms with Gasteiger partial charge in [0.25, 0.3) is 0 Å². The molecule has 2 aliphatic rings. The number of benzene rings is 3. The Morgan fingerprint density at radius 2 is 1.00 bits per heavy atom. The van der Waals surface area contributed by atoms with E-state index in [2.05, 4.69) is 42.2 Å². The number of aromatic amines is 1. The monoisotopic (exact) mass is 1080 g/mol. The maximum absolute atomic E-state index is 14.9. The van der Waals surface area contributed by atoms with E-state index < -0.39 is 129 Å². The minimum Gasteiger partial charge on any atom is -0.361 e. The summed E-state index contributed by atoms with van der Waals surface area (Å²) in [6.07, 6.45) is 5.35. The molecule has 11 atom stereocenters. The van der Waals surface area contributed by atoms with Crippen LogP contribution in [0.3, 0.4) is 0 Å². The third kappa shape index (κ3) is 16.1. The summed E-state index contributed by atoms with van der Waals surface area (Å²) in [5.41, 5.74) is 2.80. The van der Waals surface area contributed by atoms with Crippen molar-refractivity contribution in [2.24, 2.45) is 11.8 Å². The van der Waals surface area contributed by atoms with Gasteiger partial charge in [0.1, 0.15) is 48.3 Å². The lowest BCUT2D eigenvalue weighted by Crippen LogP contribution is -2.62. The van der Waals surface area contributed by atoms with Crippen LogP contribution in [0, 0.1) is 11.8 Å². The highest BCUT2D eigenvalue weighted by atomic mass is 32.2. The molecule has 2 fully saturated rings. The van der Waals surface area contributed by atoms with Gasteiger partial charge in [0.2, 0.25) is 47.3 Å². The van der Waals surface area contributed by atoms with E-state index in [0.29, 0.717) is 29.5 Å². The standard InChI is InChI=1S/C55H73N9O10S2/c1-7-34(4)47-54(71)58-41(25-28-76(6)74)55(72)64-26-16-23-45(64)52(69)61-43(30-36-19-12-9-13-20-36)50(67)59-42(29-35-17-10-8-11-18-35)49(66)60-44(31-37-32-56-39-22-15-14-21-38(37)39)51(68)62-46(33(2)3)53(70)57-40(48(65)63-47)24-27-75(5)73/h8-15,17-22,32-34,40-47,56H,7,16,23-31H2,1-6H3,(H,57,70)(H,58,71)(H,59,67)(H,60,66)(H,61,69)(H,62,68)(H,63,65)/t34-,40-,41-,42-,43-,44-,45-,46-,47-,75-,76+/m0/s1. The first-order chi connectivity index (χ1) is 36.3. The quantitative estimate of drug-likeness (QED) is 0.0856. The van der Waals surface area contributed by atoms with Crippen molar-refractivity contribution < 1.29 is 46.8 Å². The van der Waals surface area contributed by atoms with Crippen LogP contribution in [-0.4, -0.2) is 144 Å². The Balaban J connectivity index is 1.45. The maximum atomic E-state index is 14.9. The van der Waals surface area contributed by atoms with Gasteiger partial charge >= 0.3 is 0 Å². The molecule has 21 heteroatoms. The fourth-order valence-corrected chi connectivity index (χ4v) is 10.7. The van der Waals surface area contributed by atoms with Crippen LogP contribution in [0.2, 0.25) is 0 Å². The average Bonchev–Trinajstić information content (AvgIpc) is 4.07. The molecule has 0 bridgehead atoms. The Hall–Kier alpha value is -6.74. The molecule has 0 radical (unpaired) electrons. The molecule has 3 aromatic carbocycles. The van der Waals surface area contributed by atoms with Crippen molar-refractivity contribution >= 4 is 79.8 Å². The van der Waals surface area contributed by atoms with E-state index in [9.17, 15) is 46.8 Å². The van der Waals surface area contributed by atoms with Gasteiger partial charge in [-0.2, -0.15) is 0 Å². The molecule has 76 heavy (non-hydrogen) atoms. The van der Waals surface area contributed by atoms with Gasteiger partial charge in [-0.15, -0.1) is 0 Å². The lowest BCUT2D eigenvalue weighted by atomic mass is 9.96. The zero-order valence-corrected chi connectivity index (χ0v) is 45.7. The summed E-state index contributed by atoms with van der Waals surface area (Å²) in [5.74, 6) is -6.86. The Morgan fingerprint density at radius 3 is 1.57 bits per heavy atom. The first-order valence-electron chi connectivity index (χ1n) is 26.0. The molecule has 0 spiro atoms. The second-order valence-electron chi connectivity index (χ2n) is 20.2. The third-order valence-corrected chi connectivity index (χ3v) is 15.7. The number of carbonyl (C=O) groups is 8. The molecule has 2 saturated heterocycles. The van der Waals surface area contributed by atoms with Crippen molar-refractivity contribution in [1.29, 1.82) is 0 Å². The summed E-state index contributed by atoms with van der Waals surface area (Å²) in [7, 11) is -2.82. The number of H-pyrrole nitrogens is 1. The van der Waals surface area contributed by atoms with Crippen molar-refractivity contribution in [1.82, 2.24) is 47.1 Å². The van der Waals surface area contributed by atoms with Crippen LogP contribution in [0.15, 0.2) is 91.1 Å². The highest BCUT2D eigenvalue weighted by molar-refractivity contribution is 7.84. The highest BCUT2D eigenvalue weighted by Gasteiger charge is 2.41. The second kappa shape index (κ2) is 27.9. The van der Waals surface area contributed by atoms with Crippen molar-refractivity contribution in [3.63, 3.8) is 0 Å². The summed E-state index contributed by atoms with van der Waals surface area (Å²) in [6.45, 7) is 7.06. The lowest BCUT2D eigenvalue weighted by Gasteiger charge is -2.32. The molecule has 2 aliphatic heterocycles. The van der Waals surface area contributed by atoms with E-state index in [4.69, 9.17) is 0 Å². The van der Waals surface area contributed by atoms with Gasteiger partial charge in [-0.05, 0) is 60.3 Å². The summed E-state index contributed by atoms with van der Waals surface area (Å²) >= 11 is 0. The number of hydrogen-bond acceptors (Lipinski definition) is 10. The molecular weight excluding hydrogens is 1010 g/mol. The molecular formula is C55H73N9O10S2. The topological polar surface area (TPSA) is 274 Å². The molecule has 6 rings (SSSR count). The molecule has 3 heterocycles. The number of hydrogen-bond donors (Lipinski definition) is 8. The molecule has 4 aromatic rings. The molecule has 0 aliphatic carbocycles. The molecule has 0 unspecified atom stereocenters. The fraction of sp³-hybridized carbons (Fsp3) is 0.491. The SMILES string of the molecule is CC[C@H](C)[C@@H]1NC(=O)[C@H](CC[S@](C)=O)NC(=O)[C@H](C(C)C)NC(=O)[C@H](Cc2c[nH]c3ccccc23)NC(=O)[C@H](Cc2ccccc2)NC(=O)[C@H](Cc2ccccc2)NC(=O)[C@@H]2CCCN2C(=O)[C@H](CC[S@@](C)=O)NC1=O. The average molecular weight is 1080 g/mol. The van der Waals surface area contributed by atoms with Crippen LogP contribution >= 0.6 is 0 Å². The van der Waals surface area contributed by atoms with Crippen molar-refractivity contribution in [3.05, 3.63) is 108 Å². The Bertz CT molecular complexity index is 2740. The molecule has 410 valence electrons. The van der Waals surface area contributed by atoms with Crippen LogP contribution in [0.1, 0.15) is 76.5 Å².